The molecule has 0 unspecified atom stereocenters. The Labute approximate surface area is 159 Å². The van der Waals surface area contributed by atoms with Gasteiger partial charge in [-0.1, -0.05) is 12.1 Å². The lowest BCUT2D eigenvalue weighted by molar-refractivity contribution is -0.126. The van der Waals surface area contributed by atoms with Crippen molar-refractivity contribution in [2.24, 2.45) is 0 Å². The number of aromatic nitrogens is 2. The summed E-state index contributed by atoms with van der Waals surface area (Å²) in [5, 5.41) is 4.51. The van der Waals surface area contributed by atoms with Gasteiger partial charge in [0.15, 0.2) is 0 Å². The first kappa shape index (κ1) is 18.9. The highest BCUT2D eigenvalue weighted by Crippen LogP contribution is 2.24. The number of fused-ring (bicyclic) bond motifs is 1. The Morgan fingerprint density at radius 1 is 1.19 bits per heavy atom. The standard InChI is InChI=1S/C21H25N3O3/c1-21(2,3)24-18-11-12-23(14-17(18)13-22-24)19(25)10-7-15-5-8-16(9-6-15)20(26)27-4/h5-10,13H,11-12,14H2,1-4H3/b10-7+. The van der Waals surface area contributed by atoms with E-state index in [1.807, 2.05) is 11.1 Å². The van der Waals surface area contributed by atoms with Crippen LogP contribution < -0.4 is 0 Å². The highest BCUT2D eigenvalue weighted by molar-refractivity contribution is 5.92. The number of methoxy groups -OCH3 is 1. The summed E-state index contributed by atoms with van der Waals surface area (Å²) >= 11 is 0. The van der Waals surface area contributed by atoms with Gasteiger partial charge < -0.3 is 9.64 Å². The van der Waals surface area contributed by atoms with E-state index in [-0.39, 0.29) is 17.4 Å². The van der Waals surface area contributed by atoms with E-state index in [2.05, 4.69) is 35.3 Å². The minimum atomic E-state index is -0.374. The molecule has 0 fully saturated rings. The van der Waals surface area contributed by atoms with Gasteiger partial charge in [-0.25, -0.2) is 4.79 Å². The largest absolute Gasteiger partial charge is 0.465 e. The molecule has 1 aromatic heterocycles. The molecule has 3 rings (SSSR count). The van der Waals surface area contributed by atoms with E-state index in [4.69, 9.17) is 0 Å². The number of esters is 1. The molecule has 6 heteroatoms. The third-order valence-electron chi connectivity index (χ3n) is 4.63. The maximum Gasteiger partial charge on any atom is 0.337 e. The zero-order valence-electron chi connectivity index (χ0n) is 16.2. The molecule has 1 aromatic carbocycles. The first-order valence-electron chi connectivity index (χ1n) is 9.01. The number of carbonyl (C=O) groups is 2. The van der Waals surface area contributed by atoms with Crippen LogP contribution in [0.4, 0.5) is 0 Å². The minimum absolute atomic E-state index is 0.0267. The van der Waals surface area contributed by atoms with Crippen molar-refractivity contribution in [3.05, 3.63) is 58.9 Å². The molecule has 1 amide bonds. The molecule has 1 aliphatic heterocycles. The highest BCUT2D eigenvalue weighted by Gasteiger charge is 2.26. The van der Waals surface area contributed by atoms with Crippen molar-refractivity contribution in [1.29, 1.82) is 0 Å². The van der Waals surface area contributed by atoms with Gasteiger partial charge in [0.1, 0.15) is 0 Å². The van der Waals surface area contributed by atoms with Crippen LogP contribution in [0.1, 0.15) is 48.0 Å². The lowest BCUT2D eigenvalue weighted by Gasteiger charge is -2.29. The zero-order chi connectivity index (χ0) is 19.6. The molecule has 2 aromatic rings. The molecule has 142 valence electrons. The summed E-state index contributed by atoms with van der Waals surface area (Å²) < 4.78 is 6.74. The molecular formula is C21H25N3O3. The molecule has 0 aliphatic carbocycles. The number of carbonyl (C=O) groups excluding carboxylic acids is 2. The number of ether oxygens (including phenoxy) is 1. The van der Waals surface area contributed by atoms with Crippen LogP contribution >= 0.6 is 0 Å². The van der Waals surface area contributed by atoms with E-state index < -0.39 is 0 Å². The topological polar surface area (TPSA) is 64.4 Å². The lowest BCUT2D eigenvalue weighted by Crippen LogP contribution is -2.36. The van der Waals surface area contributed by atoms with Crippen molar-refractivity contribution < 1.29 is 14.3 Å². The molecule has 0 atom stereocenters. The average Bonchev–Trinajstić information content (AvgIpc) is 3.09. The molecule has 0 saturated carbocycles. The molecule has 6 nitrogen and oxygen atoms in total. The first-order valence-corrected chi connectivity index (χ1v) is 9.01. The Balaban J connectivity index is 1.66. The fraction of sp³-hybridized carbons (Fsp3) is 0.381. The van der Waals surface area contributed by atoms with Gasteiger partial charge in [-0.2, -0.15) is 5.10 Å². The summed E-state index contributed by atoms with van der Waals surface area (Å²) in [6, 6.07) is 6.95. The second kappa shape index (κ2) is 7.39. The Hall–Kier alpha value is -2.89. The third kappa shape index (κ3) is 4.10. The number of hydrogen-bond acceptors (Lipinski definition) is 4. The molecule has 0 bridgehead atoms. The van der Waals surface area contributed by atoms with E-state index in [0.717, 1.165) is 17.5 Å². The molecule has 2 heterocycles. The predicted molar refractivity (Wildman–Crippen MR) is 103 cm³/mol. The fourth-order valence-electron chi connectivity index (χ4n) is 3.22. The van der Waals surface area contributed by atoms with E-state index in [9.17, 15) is 9.59 Å². The number of amides is 1. The van der Waals surface area contributed by atoms with Crippen LogP contribution in [0, 0.1) is 0 Å². The normalized spacial score (nSPS) is 14.3. The summed E-state index contributed by atoms with van der Waals surface area (Å²) in [4.78, 5) is 25.8. The third-order valence-corrected chi connectivity index (χ3v) is 4.63. The number of hydrogen-bond donors (Lipinski definition) is 0. The van der Waals surface area contributed by atoms with Crippen molar-refractivity contribution in [2.45, 2.75) is 39.3 Å². The van der Waals surface area contributed by atoms with Crippen LogP contribution in [0.15, 0.2) is 36.5 Å². The smallest absolute Gasteiger partial charge is 0.337 e. The van der Waals surface area contributed by atoms with E-state index in [1.54, 1.807) is 36.4 Å². The van der Waals surface area contributed by atoms with Gasteiger partial charge in [0.2, 0.25) is 5.91 Å². The molecule has 1 aliphatic rings. The molecular weight excluding hydrogens is 342 g/mol. The van der Waals surface area contributed by atoms with Gasteiger partial charge in [-0.05, 0) is 44.5 Å². The number of nitrogens with zero attached hydrogens (tertiary/aromatic N) is 3. The van der Waals surface area contributed by atoms with Crippen molar-refractivity contribution in [2.75, 3.05) is 13.7 Å². The van der Waals surface area contributed by atoms with Crippen LogP contribution in [0.5, 0.6) is 0 Å². The molecule has 0 saturated heterocycles. The van der Waals surface area contributed by atoms with E-state index in [1.165, 1.54) is 12.8 Å². The van der Waals surface area contributed by atoms with Gasteiger partial charge in [0, 0.05) is 36.8 Å². The van der Waals surface area contributed by atoms with Crippen molar-refractivity contribution in [3.8, 4) is 0 Å². The molecule has 0 spiro atoms. The Bertz CT molecular complexity index is 873. The first-order chi connectivity index (χ1) is 12.8. The zero-order valence-corrected chi connectivity index (χ0v) is 16.2. The second-order valence-electron chi connectivity index (χ2n) is 7.66. The van der Waals surface area contributed by atoms with E-state index >= 15 is 0 Å². The van der Waals surface area contributed by atoms with Crippen LogP contribution in [0.3, 0.4) is 0 Å². The van der Waals surface area contributed by atoms with Crippen LogP contribution in [0.25, 0.3) is 6.08 Å². The number of benzene rings is 1. The van der Waals surface area contributed by atoms with Gasteiger partial charge in [-0.3, -0.25) is 9.48 Å². The quantitative estimate of drug-likeness (QED) is 0.618. The van der Waals surface area contributed by atoms with Crippen molar-refractivity contribution in [3.63, 3.8) is 0 Å². The fourth-order valence-corrected chi connectivity index (χ4v) is 3.22. The maximum atomic E-state index is 12.5. The summed E-state index contributed by atoms with van der Waals surface area (Å²) in [6.07, 6.45) is 6.01. The van der Waals surface area contributed by atoms with Crippen molar-refractivity contribution in [1.82, 2.24) is 14.7 Å². The van der Waals surface area contributed by atoms with Crippen LogP contribution in [-0.4, -0.2) is 40.2 Å². The summed E-state index contributed by atoms with van der Waals surface area (Å²) in [7, 11) is 1.35. The minimum Gasteiger partial charge on any atom is -0.465 e. The summed E-state index contributed by atoms with van der Waals surface area (Å²) in [5.41, 5.74) is 3.61. The van der Waals surface area contributed by atoms with Crippen molar-refractivity contribution >= 4 is 18.0 Å². The van der Waals surface area contributed by atoms with Crippen LogP contribution in [0.2, 0.25) is 0 Å². The average molecular weight is 367 g/mol. The number of rotatable bonds is 3. The Kier molecular flexibility index (Phi) is 5.17. The Morgan fingerprint density at radius 3 is 2.52 bits per heavy atom. The van der Waals surface area contributed by atoms with E-state index in [0.29, 0.717) is 18.7 Å². The Morgan fingerprint density at radius 2 is 1.89 bits per heavy atom. The van der Waals surface area contributed by atoms with Gasteiger partial charge in [0.25, 0.3) is 0 Å². The molecule has 27 heavy (non-hydrogen) atoms. The van der Waals surface area contributed by atoms with Gasteiger partial charge in [0.05, 0.1) is 24.4 Å². The maximum absolute atomic E-state index is 12.5. The monoisotopic (exact) mass is 367 g/mol. The van der Waals surface area contributed by atoms with Crippen LogP contribution in [-0.2, 0) is 28.0 Å². The second-order valence-corrected chi connectivity index (χ2v) is 7.66. The molecule has 0 N–H and O–H groups in total. The van der Waals surface area contributed by atoms with Gasteiger partial charge >= 0.3 is 5.97 Å². The predicted octanol–water partition coefficient (Wildman–Crippen LogP) is 3.02. The summed E-state index contributed by atoms with van der Waals surface area (Å²) in [5.74, 6) is -0.400. The molecule has 0 radical (unpaired) electrons. The SMILES string of the molecule is COC(=O)c1ccc(/C=C/C(=O)N2CCc3c(cnn3C(C)(C)C)C2)cc1. The highest BCUT2D eigenvalue weighted by atomic mass is 16.5. The lowest BCUT2D eigenvalue weighted by atomic mass is 10.0. The van der Waals surface area contributed by atoms with Gasteiger partial charge in [-0.15, -0.1) is 0 Å². The summed E-state index contributed by atoms with van der Waals surface area (Å²) in [6.45, 7) is 7.65.